The molecule has 84 valence electrons. The standard InChI is InChI=1S/C13H27N/c1-7-10(2)13(6)8-11(13)9-14-12(3,4)5/h10-11,14H,7-9H2,1-6H3. The first kappa shape index (κ1) is 12.0. The molecule has 3 atom stereocenters. The molecule has 14 heavy (non-hydrogen) atoms. The van der Waals surface area contributed by atoms with Gasteiger partial charge in [-0.2, -0.15) is 0 Å². The second kappa shape index (κ2) is 3.84. The predicted molar refractivity (Wildman–Crippen MR) is 63.4 cm³/mol. The van der Waals surface area contributed by atoms with E-state index in [1.54, 1.807) is 0 Å². The normalized spacial score (nSPS) is 34.3. The van der Waals surface area contributed by atoms with E-state index in [9.17, 15) is 0 Å². The highest BCUT2D eigenvalue weighted by molar-refractivity contribution is 5.02. The fourth-order valence-corrected chi connectivity index (χ4v) is 2.28. The van der Waals surface area contributed by atoms with Gasteiger partial charge in [0.1, 0.15) is 0 Å². The van der Waals surface area contributed by atoms with Crippen LogP contribution in [-0.2, 0) is 0 Å². The molecule has 3 unspecified atom stereocenters. The molecule has 1 aliphatic rings. The van der Waals surface area contributed by atoms with E-state index >= 15 is 0 Å². The Hall–Kier alpha value is -0.0400. The molecule has 0 aromatic rings. The van der Waals surface area contributed by atoms with Gasteiger partial charge >= 0.3 is 0 Å². The quantitative estimate of drug-likeness (QED) is 0.728. The fraction of sp³-hybridized carbons (Fsp3) is 1.00. The lowest BCUT2D eigenvalue weighted by atomic mass is 9.88. The van der Waals surface area contributed by atoms with E-state index in [0.29, 0.717) is 5.41 Å². The Morgan fingerprint density at radius 3 is 2.43 bits per heavy atom. The zero-order chi connectivity index (χ0) is 11.0. The van der Waals surface area contributed by atoms with E-state index in [1.165, 1.54) is 19.4 Å². The molecule has 1 rings (SSSR count). The third-order valence-corrected chi connectivity index (χ3v) is 4.08. The maximum atomic E-state index is 3.62. The van der Waals surface area contributed by atoms with Crippen LogP contribution in [0.5, 0.6) is 0 Å². The van der Waals surface area contributed by atoms with Crippen molar-refractivity contribution in [3.05, 3.63) is 0 Å². The molecule has 0 aromatic heterocycles. The van der Waals surface area contributed by atoms with Crippen LogP contribution in [0.15, 0.2) is 0 Å². The van der Waals surface area contributed by atoms with Gasteiger partial charge in [0.05, 0.1) is 0 Å². The van der Waals surface area contributed by atoms with E-state index in [1.807, 2.05) is 0 Å². The highest BCUT2D eigenvalue weighted by atomic mass is 15.0. The highest BCUT2D eigenvalue weighted by Crippen LogP contribution is 2.58. The number of rotatable bonds is 4. The van der Waals surface area contributed by atoms with Crippen LogP contribution >= 0.6 is 0 Å². The number of hydrogen-bond donors (Lipinski definition) is 1. The summed E-state index contributed by atoms with van der Waals surface area (Å²) in [5.74, 6) is 1.80. The molecule has 0 bridgehead atoms. The second-order valence-corrected chi connectivity index (χ2v) is 6.35. The minimum atomic E-state index is 0.277. The molecule has 0 radical (unpaired) electrons. The molecule has 0 aromatic carbocycles. The van der Waals surface area contributed by atoms with Gasteiger partial charge in [-0.05, 0) is 51.0 Å². The molecule has 1 aliphatic carbocycles. The van der Waals surface area contributed by atoms with Crippen molar-refractivity contribution in [1.82, 2.24) is 5.32 Å². The number of nitrogens with one attached hydrogen (secondary N) is 1. The molecular weight excluding hydrogens is 170 g/mol. The zero-order valence-corrected chi connectivity index (χ0v) is 10.8. The Kier molecular flexibility index (Phi) is 3.30. The molecule has 0 aliphatic heterocycles. The van der Waals surface area contributed by atoms with Crippen molar-refractivity contribution >= 4 is 0 Å². The van der Waals surface area contributed by atoms with Crippen molar-refractivity contribution in [3.8, 4) is 0 Å². The molecule has 1 fully saturated rings. The SMILES string of the molecule is CCC(C)C1(C)CC1CNC(C)(C)C. The van der Waals surface area contributed by atoms with Crippen molar-refractivity contribution < 1.29 is 0 Å². The minimum Gasteiger partial charge on any atom is -0.312 e. The van der Waals surface area contributed by atoms with Gasteiger partial charge in [-0.3, -0.25) is 0 Å². The lowest BCUT2D eigenvalue weighted by Gasteiger charge is -2.23. The van der Waals surface area contributed by atoms with Gasteiger partial charge in [0.15, 0.2) is 0 Å². The molecule has 1 nitrogen and oxygen atoms in total. The topological polar surface area (TPSA) is 12.0 Å². The third kappa shape index (κ3) is 2.73. The van der Waals surface area contributed by atoms with Crippen molar-refractivity contribution in [2.45, 2.75) is 59.9 Å². The van der Waals surface area contributed by atoms with Gasteiger partial charge in [0, 0.05) is 5.54 Å². The van der Waals surface area contributed by atoms with Crippen molar-refractivity contribution in [2.75, 3.05) is 6.54 Å². The molecular formula is C13H27N. The summed E-state index contributed by atoms with van der Waals surface area (Å²) in [4.78, 5) is 0. The minimum absolute atomic E-state index is 0.277. The summed E-state index contributed by atoms with van der Waals surface area (Å²) in [5, 5.41) is 3.62. The monoisotopic (exact) mass is 197 g/mol. The Morgan fingerprint density at radius 1 is 1.43 bits per heavy atom. The number of hydrogen-bond acceptors (Lipinski definition) is 1. The molecule has 1 saturated carbocycles. The van der Waals surface area contributed by atoms with Crippen LogP contribution in [0.25, 0.3) is 0 Å². The Bertz CT molecular complexity index is 192. The second-order valence-electron chi connectivity index (χ2n) is 6.35. The van der Waals surface area contributed by atoms with Gasteiger partial charge in [0.25, 0.3) is 0 Å². The van der Waals surface area contributed by atoms with Gasteiger partial charge in [-0.15, -0.1) is 0 Å². The van der Waals surface area contributed by atoms with E-state index in [2.05, 4.69) is 46.9 Å². The largest absolute Gasteiger partial charge is 0.312 e. The van der Waals surface area contributed by atoms with Crippen LogP contribution in [0.1, 0.15) is 54.4 Å². The van der Waals surface area contributed by atoms with E-state index in [4.69, 9.17) is 0 Å². The van der Waals surface area contributed by atoms with Crippen LogP contribution in [0, 0.1) is 17.3 Å². The van der Waals surface area contributed by atoms with Crippen LogP contribution in [0.4, 0.5) is 0 Å². The average molecular weight is 197 g/mol. The summed E-state index contributed by atoms with van der Waals surface area (Å²) in [6, 6.07) is 0. The smallest absolute Gasteiger partial charge is 0.00966 e. The molecule has 1 N–H and O–H groups in total. The first-order chi connectivity index (χ1) is 6.29. The molecule has 0 heterocycles. The fourth-order valence-electron chi connectivity index (χ4n) is 2.28. The van der Waals surface area contributed by atoms with Crippen LogP contribution < -0.4 is 5.32 Å². The van der Waals surface area contributed by atoms with Crippen LogP contribution in [0.3, 0.4) is 0 Å². The summed E-state index contributed by atoms with van der Waals surface area (Å²) < 4.78 is 0. The summed E-state index contributed by atoms with van der Waals surface area (Å²) in [7, 11) is 0. The average Bonchev–Trinajstić information content (AvgIpc) is 2.73. The molecule has 0 amide bonds. The molecule has 1 heteroatoms. The molecule has 0 spiro atoms. The van der Waals surface area contributed by atoms with Gasteiger partial charge in [-0.25, -0.2) is 0 Å². The van der Waals surface area contributed by atoms with Crippen molar-refractivity contribution in [1.29, 1.82) is 0 Å². The Labute approximate surface area is 89.7 Å². The first-order valence-electron chi connectivity index (χ1n) is 6.04. The maximum Gasteiger partial charge on any atom is 0.00966 e. The highest BCUT2D eigenvalue weighted by Gasteiger charge is 2.52. The van der Waals surface area contributed by atoms with Crippen molar-refractivity contribution in [2.24, 2.45) is 17.3 Å². The maximum absolute atomic E-state index is 3.62. The van der Waals surface area contributed by atoms with Gasteiger partial charge < -0.3 is 5.32 Å². The summed E-state index contributed by atoms with van der Waals surface area (Å²) in [5.41, 5.74) is 0.909. The summed E-state index contributed by atoms with van der Waals surface area (Å²) in [6.45, 7) is 15.1. The molecule has 0 saturated heterocycles. The van der Waals surface area contributed by atoms with E-state index in [-0.39, 0.29) is 5.54 Å². The van der Waals surface area contributed by atoms with Crippen LogP contribution in [-0.4, -0.2) is 12.1 Å². The zero-order valence-electron chi connectivity index (χ0n) is 10.8. The lowest BCUT2D eigenvalue weighted by molar-refractivity contribution is 0.304. The third-order valence-electron chi connectivity index (χ3n) is 4.08. The van der Waals surface area contributed by atoms with E-state index < -0.39 is 0 Å². The Morgan fingerprint density at radius 2 is 2.00 bits per heavy atom. The van der Waals surface area contributed by atoms with Gasteiger partial charge in [-0.1, -0.05) is 27.2 Å². The first-order valence-corrected chi connectivity index (χ1v) is 6.04. The Balaban J connectivity index is 2.32. The van der Waals surface area contributed by atoms with Crippen LogP contribution in [0.2, 0.25) is 0 Å². The summed E-state index contributed by atoms with van der Waals surface area (Å²) >= 11 is 0. The summed E-state index contributed by atoms with van der Waals surface area (Å²) in [6.07, 6.45) is 2.74. The predicted octanol–water partition coefficient (Wildman–Crippen LogP) is 3.45. The van der Waals surface area contributed by atoms with E-state index in [0.717, 1.165) is 11.8 Å². The lowest BCUT2D eigenvalue weighted by Crippen LogP contribution is -2.38. The van der Waals surface area contributed by atoms with Gasteiger partial charge in [0.2, 0.25) is 0 Å². The van der Waals surface area contributed by atoms with Crippen molar-refractivity contribution in [3.63, 3.8) is 0 Å².